The zero-order chi connectivity index (χ0) is 22.2. The van der Waals surface area contributed by atoms with Gasteiger partial charge in [0.25, 0.3) is 0 Å². The van der Waals surface area contributed by atoms with Crippen LogP contribution in [0, 0.1) is 5.82 Å². The molecule has 0 saturated heterocycles. The van der Waals surface area contributed by atoms with Crippen LogP contribution in [0.5, 0.6) is 17.4 Å². The molecule has 1 aliphatic rings. The maximum absolute atomic E-state index is 14.4. The van der Waals surface area contributed by atoms with Gasteiger partial charge in [-0.15, -0.1) is 0 Å². The number of benzene rings is 1. The third-order valence-corrected chi connectivity index (χ3v) is 4.48. The van der Waals surface area contributed by atoms with Crippen molar-refractivity contribution in [3.05, 3.63) is 70.2 Å². The van der Waals surface area contributed by atoms with E-state index >= 15 is 0 Å². The normalized spacial score (nSPS) is 15.3. The molecule has 7 nitrogen and oxygen atoms in total. The molecule has 3 heterocycles. The summed E-state index contributed by atoms with van der Waals surface area (Å²) in [5.41, 5.74) is -1.07. The SMILES string of the molecule is C[C@H]1Cn2c(cc(OCc3ccc(Oc4ccc(C(F)(F)F)nc4)c(F)c3)nc2=O)N1. The fraction of sp³-hybridized carbons (Fsp3) is 0.250. The molecule has 0 spiro atoms. The first-order valence-electron chi connectivity index (χ1n) is 9.20. The third-order valence-electron chi connectivity index (χ3n) is 4.48. The maximum Gasteiger partial charge on any atom is 0.433 e. The topological polar surface area (TPSA) is 78.3 Å². The van der Waals surface area contributed by atoms with Crippen molar-refractivity contribution in [2.24, 2.45) is 0 Å². The van der Waals surface area contributed by atoms with Gasteiger partial charge in [-0.05, 0) is 36.8 Å². The Hall–Kier alpha value is -3.63. The molecule has 0 radical (unpaired) electrons. The van der Waals surface area contributed by atoms with Gasteiger partial charge in [-0.3, -0.25) is 4.57 Å². The van der Waals surface area contributed by atoms with Crippen LogP contribution in [0.2, 0.25) is 0 Å². The van der Waals surface area contributed by atoms with Crippen LogP contribution in [0.25, 0.3) is 0 Å². The molecule has 0 fully saturated rings. The lowest BCUT2D eigenvalue weighted by Crippen LogP contribution is -2.22. The van der Waals surface area contributed by atoms with E-state index in [9.17, 15) is 22.4 Å². The maximum atomic E-state index is 14.4. The average Bonchev–Trinajstić information content (AvgIpc) is 3.09. The molecular formula is C20H16F4N4O3. The van der Waals surface area contributed by atoms with E-state index in [1.54, 1.807) is 6.07 Å². The van der Waals surface area contributed by atoms with Crippen LogP contribution in [-0.2, 0) is 19.3 Å². The van der Waals surface area contributed by atoms with E-state index in [4.69, 9.17) is 9.47 Å². The Labute approximate surface area is 173 Å². The highest BCUT2D eigenvalue weighted by atomic mass is 19.4. The van der Waals surface area contributed by atoms with Gasteiger partial charge in [-0.25, -0.2) is 14.2 Å². The fourth-order valence-electron chi connectivity index (χ4n) is 3.04. The molecule has 0 bridgehead atoms. The molecule has 0 aliphatic carbocycles. The lowest BCUT2D eigenvalue weighted by Gasteiger charge is -2.10. The van der Waals surface area contributed by atoms with Crippen molar-refractivity contribution in [3.8, 4) is 17.4 Å². The predicted octanol–water partition coefficient (Wildman–Crippen LogP) is 3.98. The molecule has 0 amide bonds. The lowest BCUT2D eigenvalue weighted by atomic mass is 10.2. The number of halogens is 4. The number of alkyl halides is 3. The summed E-state index contributed by atoms with van der Waals surface area (Å²) in [7, 11) is 0. The summed E-state index contributed by atoms with van der Waals surface area (Å²) < 4.78 is 64.3. The van der Waals surface area contributed by atoms with E-state index in [0.29, 0.717) is 17.9 Å². The standard InChI is InChI=1S/C20H16F4N4O3/c1-11-9-28-17(26-11)7-18(27-19(28)29)30-10-12-2-4-15(14(21)6-12)31-13-3-5-16(25-8-13)20(22,23)24/h2-8,11,26H,9-10H2,1H3/t11-/m0/s1. The van der Waals surface area contributed by atoms with Crippen molar-refractivity contribution < 1.29 is 27.0 Å². The molecular weight excluding hydrogens is 420 g/mol. The highest BCUT2D eigenvalue weighted by molar-refractivity contribution is 5.43. The number of fused-ring (bicyclic) bond motifs is 1. The average molecular weight is 436 g/mol. The van der Waals surface area contributed by atoms with E-state index in [1.165, 1.54) is 16.7 Å². The summed E-state index contributed by atoms with van der Waals surface area (Å²) in [5, 5.41) is 3.13. The summed E-state index contributed by atoms with van der Waals surface area (Å²) in [6.45, 7) is 2.40. The van der Waals surface area contributed by atoms with E-state index < -0.39 is 23.4 Å². The molecule has 1 atom stereocenters. The van der Waals surface area contributed by atoms with Crippen LogP contribution >= 0.6 is 0 Å². The minimum atomic E-state index is -4.57. The summed E-state index contributed by atoms with van der Waals surface area (Å²) in [4.78, 5) is 19.1. The number of anilines is 1. The van der Waals surface area contributed by atoms with Crippen molar-refractivity contribution >= 4 is 5.82 Å². The van der Waals surface area contributed by atoms with E-state index in [1.807, 2.05) is 6.92 Å². The van der Waals surface area contributed by atoms with Gasteiger partial charge in [0.15, 0.2) is 11.6 Å². The van der Waals surface area contributed by atoms with Gasteiger partial charge < -0.3 is 14.8 Å². The third kappa shape index (κ3) is 4.60. The Morgan fingerprint density at radius 2 is 2.03 bits per heavy atom. The first kappa shape index (κ1) is 20.6. The van der Waals surface area contributed by atoms with Crippen molar-refractivity contribution in [2.75, 3.05) is 5.32 Å². The largest absolute Gasteiger partial charge is 0.473 e. The van der Waals surface area contributed by atoms with Gasteiger partial charge in [0.1, 0.15) is 23.9 Å². The number of hydrogen-bond acceptors (Lipinski definition) is 6. The minimum absolute atomic E-state index is 0.0413. The second-order valence-corrected chi connectivity index (χ2v) is 6.95. The first-order valence-corrected chi connectivity index (χ1v) is 9.20. The van der Waals surface area contributed by atoms with Crippen LogP contribution in [0.3, 0.4) is 0 Å². The number of rotatable bonds is 5. The Morgan fingerprint density at radius 1 is 1.23 bits per heavy atom. The number of aromatic nitrogens is 3. The van der Waals surface area contributed by atoms with Gasteiger partial charge in [-0.1, -0.05) is 6.07 Å². The Bertz CT molecular complexity index is 1160. The zero-order valence-electron chi connectivity index (χ0n) is 16.1. The molecule has 11 heteroatoms. The molecule has 2 aromatic heterocycles. The Balaban J connectivity index is 1.42. The van der Waals surface area contributed by atoms with E-state index in [-0.39, 0.29) is 30.0 Å². The molecule has 3 aromatic rings. The molecule has 1 N–H and O–H groups in total. The van der Waals surface area contributed by atoms with E-state index in [0.717, 1.165) is 24.4 Å². The fourth-order valence-corrected chi connectivity index (χ4v) is 3.04. The Kier molecular flexibility index (Phi) is 5.25. The van der Waals surface area contributed by atoms with Crippen molar-refractivity contribution in [1.82, 2.24) is 14.5 Å². The summed E-state index contributed by atoms with van der Waals surface area (Å²) in [6, 6.07) is 7.50. The molecule has 162 valence electrons. The number of nitrogens with zero attached hydrogens (tertiary/aromatic N) is 3. The minimum Gasteiger partial charge on any atom is -0.473 e. The first-order chi connectivity index (χ1) is 14.7. The smallest absolute Gasteiger partial charge is 0.433 e. The van der Waals surface area contributed by atoms with Gasteiger partial charge >= 0.3 is 11.9 Å². The van der Waals surface area contributed by atoms with Crippen molar-refractivity contribution in [1.29, 1.82) is 0 Å². The highest BCUT2D eigenvalue weighted by Gasteiger charge is 2.32. The highest BCUT2D eigenvalue weighted by Crippen LogP contribution is 2.30. The van der Waals surface area contributed by atoms with Crippen molar-refractivity contribution in [3.63, 3.8) is 0 Å². The number of hydrogen-bond donors (Lipinski definition) is 1. The quantitative estimate of drug-likeness (QED) is 0.610. The second-order valence-electron chi connectivity index (χ2n) is 6.95. The molecule has 1 aromatic carbocycles. The zero-order valence-corrected chi connectivity index (χ0v) is 16.1. The molecule has 0 saturated carbocycles. The van der Waals surface area contributed by atoms with Gasteiger partial charge in [-0.2, -0.15) is 18.2 Å². The van der Waals surface area contributed by atoms with Crippen molar-refractivity contribution in [2.45, 2.75) is 32.3 Å². The van der Waals surface area contributed by atoms with Gasteiger partial charge in [0, 0.05) is 18.7 Å². The number of pyridine rings is 1. The molecule has 31 heavy (non-hydrogen) atoms. The van der Waals surface area contributed by atoms with Crippen LogP contribution < -0.4 is 20.5 Å². The monoisotopic (exact) mass is 436 g/mol. The number of ether oxygens (including phenoxy) is 2. The Morgan fingerprint density at radius 3 is 2.71 bits per heavy atom. The molecule has 4 rings (SSSR count). The number of nitrogens with one attached hydrogen (secondary N) is 1. The van der Waals surface area contributed by atoms with Gasteiger partial charge in [0.05, 0.1) is 6.20 Å². The van der Waals surface area contributed by atoms with Crippen LogP contribution in [0.1, 0.15) is 18.2 Å². The summed E-state index contributed by atoms with van der Waals surface area (Å²) in [5.74, 6) is -0.256. The molecule has 1 aliphatic heterocycles. The summed E-state index contributed by atoms with van der Waals surface area (Å²) in [6.07, 6.45) is -3.70. The molecule has 0 unspecified atom stereocenters. The second kappa shape index (κ2) is 7.89. The summed E-state index contributed by atoms with van der Waals surface area (Å²) >= 11 is 0. The predicted molar refractivity (Wildman–Crippen MR) is 102 cm³/mol. The lowest BCUT2D eigenvalue weighted by molar-refractivity contribution is -0.141. The van der Waals surface area contributed by atoms with Crippen LogP contribution in [0.15, 0.2) is 47.4 Å². The van der Waals surface area contributed by atoms with E-state index in [2.05, 4.69) is 15.3 Å². The van der Waals surface area contributed by atoms with Gasteiger partial charge in [0.2, 0.25) is 5.88 Å². The van der Waals surface area contributed by atoms with Crippen LogP contribution in [0.4, 0.5) is 23.4 Å². The van der Waals surface area contributed by atoms with Crippen LogP contribution in [-0.4, -0.2) is 20.6 Å².